The van der Waals surface area contributed by atoms with Gasteiger partial charge in [-0.15, -0.1) is 0 Å². The molecule has 0 atom stereocenters. The lowest BCUT2D eigenvalue weighted by atomic mass is 10.2. The fraction of sp³-hybridized carbons (Fsp3) is 0.0667. The summed E-state index contributed by atoms with van der Waals surface area (Å²) in [4.78, 5) is 18.7. The van der Waals surface area contributed by atoms with Gasteiger partial charge in [-0.3, -0.25) is 10.1 Å². The van der Waals surface area contributed by atoms with E-state index < -0.39 is 4.92 Å². The van der Waals surface area contributed by atoms with Gasteiger partial charge in [0.05, 0.1) is 10.4 Å². The lowest BCUT2D eigenvalue weighted by Crippen LogP contribution is -2.03. The first-order valence-electron chi connectivity index (χ1n) is 6.65. The van der Waals surface area contributed by atoms with E-state index in [1.54, 1.807) is 24.3 Å². The van der Waals surface area contributed by atoms with Crippen molar-refractivity contribution in [2.24, 2.45) is 0 Å². The maximum Gasteiger partial charge on any atom is 0.288 e. The van der Waals surface area contributed by atoms with Crippen molar-refractivity contribution < 1.29 is 10.0 Å². The van der Waals surface area contributed by atoms with Gasteiger partial charge < -0.3 is 10.4 Å². The van der Waals surface area contributed by atoms with Crippen LogP contribution in [0, 0.1) is 10.1 Å². The van der Waals surface area contributed by atoms with Crippen LogP contribution in [0.25, 0.3) is 10.9 Å². The smallest absolute Gasteiger partial charge is 0.288 e. The zero-order chi connectivity index (χ0) is 16.4. The van der Waals surface area contributed by atoms with Crippen LogP contribution in [-0.2, 0) is 6.54 Å². The molecule has 2 aromatic carbocycles. The number of phenols is 1. The number of nitro benzene ring substituents is 1. The van der Waals surface area contributed by atoms with Crippen molar-refractivity contribution in [2.45, 2.75) is 6.54 Å². The van der Waals surface area contributed by atoms with E-state index in [1.165, 1.54) is 18.5 Å². The number of rotatable bonds is 4. The van der Waals surface area contributed by atoms with Crippen molar-refractivity contribution in [2.75, 3.05) is 5.32 Å². The molecule has 0 saturated heterocycles. The van der Waals surface area contributed by atoms with Crippen LogP contribution < -0.4 is 5.32 Å². The quantitative estimate of drug-likeness (QED) is 0.560. The standard InChI is InChI=1S/C15H11ClN4O3/c16-12-6-13-11(5-14(12)20(22)23)15(19-8-18-13)17-7-9-1-3-10(21)4-2-9/h1-6,8,21H,7H2,(H,17,18,19). The third-order valence-corrected chi connectivity index (χ3v) is 3.60. The topological polar surface area (TPSA) is 101 Å². The van der Waals surface area contributed by atoms with E-state index in [-0.39, 0.29) is 16.5 Å². The molecule has 23 heavy (non-hydrogen) atoms. The van der Waals surface area contributed by atoms with Crippen molar-refractivity contribution in [1.29, 1.82) is 0 Å². The number of aromatic nitrogens is 2. The molecule has 3 rings (SSSR count). The van der Waals surface area contributed by atoms with Crippen LogP contribution >= 0.6 is 11.6 Å². The maximum atomic E-state index is 11.0. The van der Waals surface area contributed by atoms with Crippen LogP contribution in [0.2, 0.25) is 5.02 Å². The molecule has 0 bridgehead atoms. The van der Waals surface area contributed by atoms with E-state index in [4.69, 9.17) is 11.6 Å². The van der Waals surface area contributed by atoms with Crippen LogP contribution in [0.3, 0.4) is 0 Å². The third kappa shape index (κ3) is 3.14. The van der Waals surface area contributed by atoms with E-state index in [9.17, 15) is 15.2 Å². The molecular formula is C15H11ClN4O3. The summed E-state index contributed by atoms with van der Waals surface area (Å²) in [6.07, 6.45) is 1.36. The largest absolute Gasteiger partial charge is 0.508 e. The molecule has 0 spiro atoms. The fourth-order valence-corrected chi connectivity index (χ4v) is 2.37. The summed E-state index contributed by atoms with van der Waals surface area (Å²) in [5.41, 5.74) is 1.25. The number of hydrogen-bond donors (Lipinski definition) is 2. The normalized spacial score (nSPS) is 10.7. The number of aromatic hydroxyl groups is 1. The first kappa shape index (κ1) is 15.0. The van der Waals surface area contributed by atoms with Crippen LogP contribution in [-0.4, -0.2) is 20.0 Å². The minimum absolute atomic E-state index is 0.0330. The molecule has 0 unspecified atom stereocenters. The highest BCUT2D eigenvalue weighted by Crippen LogP contribution is 2.31. The number of nitrogens with zero attached hydrogens (tertiary/aromatic N) is 3. The summed E-state index contributed by atoms with van der Waals surface area (Å²) in [5.74, 6) is 0.661. The van der Waals surface area contributed by atoms with Crippen LogP contribution in [0.5, 0.6) is 5.75 Å². The van der Waals surface area contributed by atoms with Crippen molar-refractivity contribution in [3.05, 3.63) is 63.4 Å². The Balaban J connectivity index is 1.95. The number of benzene rings is 2. The summed E-state index contributed by atoms with van der Waals surface area (Å²) in [6, 6.07) is 9.51. The number of nitro groups is 1. The highest BCUT2D eigenvalue weighted by Gasteiger charge is 2.16. The Morgan fingerprint density at radius 3 is 2.65 bits per heavy atom. The molecule has 0 saturated carbocycles. The number of anilines is 1. The molecule has 1 heterocycles. The van der Waals surface area contributed by atoms with Gasteiger partial charge in [0, 0.05) is 18.0 Å². The van der Waals surface area contributed by atoms with Gasteiger partial charge in [0.25, 0.3) is 5.69 Å². The molecular weight excluding hydrogens is 320 g/mol. The highest BCUT2D eigenvalue weighted by atomic mass is 35.5. The second-order valence-electron chi connectivity index (χ2n) is 4.82. The Hall–Kier alpha value is -2.93. The van der Waals surface area contributed by atoms with Gasteiger partial charge in [0.1, 0.15) is 22.9 Å². The lowest BCUT2D eigenvalue weighted by molar-refractivity contribution is -0.384. The Labute approximate surface area is 135 Å². The number of nitrogens with one attached hydrogen (secondary N) is 1. The molecule has 0 fully saturated rings. The average molecular weight is 331 g/mol. The number of halogens is 1. The minimum Gasteiger partial charge on any atom is -0.508 e. The third-order valence-electron chi connectivity index (χ3n) is 3.30. The molecule has 3 aromatic rings. The fourth-order valence-electron chi connectivity index (χ4n) is 2.15. The van der Waals surface area contributed by atoms with E-state index in [0.717, 1.165) is 5.56 Å². The van der Waals surface area contributed by atoms with Crippen LogP contribution in [0.1, 0.15) is 5.56 Å². The maximum absolute atomic E-state index is 11.0. The van der Waals surface area contributed by atoms with Gasteiger partial charge in [-0.1, -0.05) is 23.7 Å². The number of phenolic OH excluding ortho intramolecular Hbond substituents is 1. The molecule has 7 nitrogen and oxygen atoms in total. The van der Waals surface area contributed by atoms with Crippen molar-refractivity contribution >= 4 is 34.0 Å². The Kier molecular flexibility index (Phi) is 3.94. The summed E-state index contributed by atoms with van der Waals surface area (Å²) in [7, 11) is 0. The van der Waals surface area contributed by atoms with Gasteiger partial charge in [-0.25, -0.2) is 9.97 Å². The van der Waals surface area contributed by atoms with Crippen LogP contribution in [0.4, 0.5) is 11.5 Å². The lowest BCUT2D eigenvalue weighted by Gasteiger charge is -2.09. The summed E-state index contributed by atoms with van der Waals surface area (Å²) < 4.78 is 0. The SMILES string of the molecule is O=[N+]([O-])c1cc2c(NCc3ccc(O)cc3)ncnc2cc1Cl. The Bertz CT molecular complexity index is 884. The highest BCUT2D eigenvalue weighted by molar-refractivity contribution is 6.33. The van der Waals surface area contributed by atoms with Crippen molar-refractivity contribution in [3.63, 3.8) is 0 Å². The summed E-state index contributed by atoms with van der Waals surface area (Å²) in [6.45, 7) is 0.447. The van der Waals surface area contributed by atoms with Gasteiger partial charge in [0.15, 0.2) is 0 Å². The summed E-state index contributed by atoms with van der Waals surface area (Å²) in [5, 5.41) is 24.0. The molecule has 8 heteroatoms. The van der Waals surface area contributed by atoms with Crippen molar-refractivity contribution in [3.8, 4) is 5.75 Å². The minimum atomic E-state index is -0.543. The zero-order valence-corrected chi connectivity index (χ0v) is 12.5. The monoisotopic (exact) mass is 330 g/mol. The molecule has 0 aliphatic heterocycles. The zero-order valence-electron chi connectivity index (χ0n) is 11.7. The molecule has 116 valence electrons. The molecule has 0 radical (unpaired) electrons. The van der Waals surface area contributed by atoms with Gasteiger partial charge in [-0.2, -0.15) is 0 Å². The Morgan fingerprint density at radius 1 is 1.22 bits per heavy atom. The van der Waals surface area contributed by atoms with Crippen molar-refractivity contribution in [1.82, 2.24) is 9.97 Å². The average Bonchev–Trinajstić information content (AvgIpc) is 2.53. The second-order valence-corrected chi connectivity index (χ2v) is 5.23. The van der Waals surface area contributed by atoms with Crippen LogP contribution in [0.15, 0.2) is 42.7 Å². The first-order chi connectivity index (χ1) is 11.0. The molecule has 2 N–H and O–H groups in total. The Morgan fingerprint density at radius 2 is 1.96 bits per heavy atom. The van der Waals surface area contributed by atoms with Gasteiger partial charge in [-0.05, 0) is 23.8 Å². The predicted molar refractivity (Wildman–Crippen MR) is 86.6 cm³/mol. The number of fused-ring (bicyclic) bond motifs is 1. The molecule has 1 aromatic heterocycles. The second kappa shape index (κ2) is 6.05. The van der Waals surface area contributed by atoms with E-state index in [1.807, 2.05) is 0 Å². The molecule has 0 amide bonds. The predicted octanol–water partition coefficient (Wildman–Crippen LogP) is 3.51. The first-order valence-corrected chi connectivity index (χ1v) is 7.03. The van der Waals surface area contributed by atoms with Gasteiger partial charge >= 0.3 is 0 Å². The van der Waals surface area contributed by atoms with E-state index in [0.29, 0.717) is 23.3 Å². The number of hydrogen-bond acceptors (Lipinski definition) is 6. The summed E-state index contributed by atoms with van der Waals surface area (Å²) >= 11 is 5.89. The van der Waals surface area contributed by atoms with E-state index >= 15 is 0 Å². The molecule has 0 aliphatic carbocycles. The van der Waals surface area contributed by atoms with E-state index in [2.05, 4.69) is 15.3 Å². The van der Waals surface area contributed by atoms with Gasteiger partial charge in [0.2, 0.25) is 0 Å². The molecule has 0 aliphatic rings.